The van der Waals surface area contributed by atoms with E-state index in [4.69, 9.17) is 0 Å². The normalized spacial score (nSPS) is 12.0. The van der Waals surface area contributed by atoms with Crippen molar-refractivity contribution >= 4 is 46.9 Å². The maximum atomic E-state index is 13.4. The highest BCUT2D eigenvalue weighted by atomic mass is 32.2. The molecule has 0 spiro atoms. The number of rotatable bonds is 11. The number of carbonyl (C=O) groups excluding carboxylic acids is 3. The van der Waals surface area contributed by atoms with E-state index in [0.29, 0.717) is 23.6 Å². The summed E-state index contributed by atoms with van der Waals surface area (Å²) in [5, 5.41) is 8.35. The fourth-order valence-electron chi connectivity index (χ4n) is 4.16. The molecule has 0 aliphatic heterocycles. The highest BCUT2D eigenvalue weighted by Crippen LogP contribution is 2.29. The summed E-state index contributed by atoms with van der Waals surface area (Å²) in [6.07, 6.45) is 2.27. The summed E-state index contributed by atoms with van der Waals surface area (Å²) in [6.45, 7) is 6.24. The van der Waals surface area contributed by atoms with Gasteiger partial charge in [0.25, 0.3) is 11.8 Å². The van der Waals surface area contributed by atoms with Gasteiger partial charge in [-0.2, -0.15) is 0 Å². The highest BCUT2D eigenvalue weighted by molar-refractivity contribution is 8.00. The Morgan fingerprint density at radius 2 is 1.43 bits per heavy atom. The predicted molar refractivity (Wildman–Crippen MR) is 172 cm³/mol. The van der Waals surface area contributed by atoms with Gasteiger partial charge < -0.3 is 16.0 Å². The Morgan fingerprint density at radius 1 is 0.762 bits per heavy atom. The van der Waals surface area contributed by atoms with E-state index >= 15 is 0 Å². The number of thioether (sulfide) groups is 1. The fraction of sp³-hybridized carbons (Fsp3) is 0.171. The van der Waals surface area contributed by atoms with Gasteiger partial charge in [0.1, 0.15) is 5.70 Å². The Balaban J connectivity index is 1.46. The van der Waals surface area contributed by atoms with Crippen molar-refractivity contribution in [2.45, 2.75) is 43.3 Å². The second-order valence-corrected chi connectivity index (χ2v) is 11.3. The van der Waals surface area contributed by atoms with Crippen LogP contribution in [-0.2, 0) is 9.59 Å². The first-order valence-electron chi connectivity index (χ1n) is 13.9. The molecule has 3 N–H and O–H groups in total. The molecule has 0 bridgehead atoms. The second kappa shape index (κ2) is 14.8. The van der Waals surface area contributed by atoms with Crippen LogP contribution in [0.25, 0.3) is 6.08 Å². The molecule has 0 saturated carbocycles. The lowest BCUT2D eigenvalue weighted by molar-refractivity contribution is -0.116. The topological polar surface area (TPSA) is 87.3 Å². The lowest BCUT2D eigenvalue weighted by atomic mass is 10.0. The van der Waals surface area contributed by atoms with Gasteiger partial charge in [-0.15, -0.1) is 11.8 Å². The summed E-state index contributed by atoms with van der Waals surface area (Å²) in [7, 11) is 0. The molecular weight excluding hydrogens is 542 g/mol. The van der Waals surface area contributed by atoms with Crippen molar-refractivity contribution < 1.29 is 14.4 Å². The predicted octanol–water partition coefficient (Wildman–Crippen LogP) is 7.73. The Bertz CT molecular complexity index is 1540. The average molecular weight is 578 g/mol. The fourth-order valence-corrected chi connectivity index (χ4v) is 5.18. The summed E-state index contributed by atoms with van der Waals surface area (Å²) >= 11 is 1.44. The zero-order chi connectivity index (χ0) is 29.9. The first-order valence-corrected chi connectivity index (χ1v) is 14.8. The largest absolute Gasteiger partial charge is 0.325 e. The molecule has 214 valence electrons. The summed E-state index contributed by atoms with van der Waals surface area (Å²) in [4.78, 5) is 40.2. The van der Waals surface area contributed by atoms with Gasteiger partial charge in [0.15, 0.2) is 0 Å². The lowest BCUT2D eigenvalue weighted by Crippen LogP contribution is -2.30. The molecule has 1 atom stereocenters. The second-order valence-electron chi connectivity index (χ2n) is 10.1. The number of benzene rings is 4. The van der Waals surface area contributed by atoms with Crippen molar-refractivity contribution in [3.63, 3.8) is 0 Å². The van der Waals surface area contributed by atoms with Gasteiger partial charge in [-0.1, -0.05) is 87.5 Å². The van der Waals surface area contributed by atoms with Crippen molar-refractivity contribution in [2.75, 3.05) is 10.6 Å². The minimum atomic E-state index is -0.458. The maximum absolute atomic E-state index is 13.4. The SMILES string of the molecule is CCC(Sc1cccc(NC(=O)/C(=C/c2ccccc2)NC(=O)c2ccccc2)c1)C(=O)Nc1ccc(C(C)C)cc1. The lowest BCUT2D eigenvalue weighted by Gasteiger charge is -2.16. The molecule has 0 fully saturated rings. The van der Waals surface area contributed by atoms with Gasteiger partial charge in [0, 0.05) is 21.8 Å². The molecular formula is C35H35N3O3S. The zero-order valence-electron chi connectivity index (χ0n) is 24.0. The van der Waals surface area contributed by atoms with E-state index in [9.17, 15) is 14.4 Å². The van der Waals surface area contributed by atoms with Crippen molar-refractivity contribution in [1.82, 2.24) is 5.32 Å². The van der Waals surface area contributed by atoms with E-state index < -0.39 is 5.91 Å². The highest BCUT2D eigenvalue weighted by Gasteiger charge is 2.19. The molecule has 3 amide bonds. The molecule has 0 aliphatic rings. The minimum absolute atomic E-state index is 0.0778. The number of hydrogen-bond donors (Lipinski definition) is 3. The van der Waals surface area contributed by atoms with Crippen LogP contribution in [0, 0.1) is 0 Å². The molecule has 42 heavy (non-hydrogen) atoms. The van der Waals surface area contributed by atoms with Crippen LogP contribution in [0.15, 0.2) is 120 Å². The monoisotopic (exact) mass is 577 g/mol. The Kier molecular flexibility index (Phi) is 10.7. The summed E-state index contributed by atoms with van der Waals surface area (Å²) in [5.41, 5.74) is 3.87. The molecule has 4 aromatic carbocycles. The summed E-state index contributed by atoms with van der Waals surface area (Å²) in [6, 6.07) is 33.3. The molecule has 7 heteroatoms. The van der Waals surface area contributed by atoms with E-state index in [1.165, 1.54) is 17.3 Å². The molecule has 4 rings (SSSR count). The van der Waals surface area contributed by atoms with E-state index in [1.54, 1.807) is 36.4 Å². The van der Waals surface area contributed by atoms with E-state index in [2.05, 4.69) is 29.8 Å². The van der Waals surface area contributed by atoms with Gasteiger partial charge in [-0.05, 0) is 72.0 Å². The maximum Gasteiger partial charge on any atom is 0.272 e. The first-order chi connectivity index (χ1) is 20.3. The molecule has 1 unspecified atom stereocenters. The number of amides is 3. The molecule has 6 nitrogen and oxygen atoms in total. The van der Waals surface area contributed by atoms with Crippen molar-refractivity contribution in [1.29, 1.82) is 0 Å². The average Bonchev–Trinajstić information content (AvgIpc) is 3.00. The summed E-state index contributed by atoms with van der Waals surface area (Å²) < 4.78 is 0. The van der Waals surface area contributed by atoms with E-state index in [1.807, 2.05) is 85.8 Å². The van der Waals surface area contributed by atoms with Gasteiger partial charge in [0.05, 0.1) is 5.25 Å². The molecule has 0 saturated heterocycles. The summed E-state index contributed by atoms with van der Waals surface area (Å²) in [5.74, 6) is -0.495. The number of anilines is 2. The van der Waals surface area contributed by atoms with Gasteiger partial charge in [-0.3, -0.25) is 14.4 Å². The van der Waals surface area contributed by atoms with Crippen LogP contribution in [0.1, 0.15) is 54.6 Å². The Labute approximate surface area is 251 Å². The van der Waals surface area contributed by atoms with Crippen LogP contribution in [-0.4, -0.2) is 23.0 Å². The first kappa shape index (κ1) is 30.3. The molecule has 0 aliphatic carbocycles. The van der Waals surface area contributed by atoms with Gasteiger partial charge >= 0.3 is 0 Å². The molecule has 4 aromatic rings. The standard InChI is InChI=1S/C35H35N3O3S/c1-4-32(35(41)36-28-20-18-26(19-21-28)24(2)3)42-30-17-11-16-29(23-30)37-34(40)31(22-25-12-7-5-8-13-25)38-33(39)27-14-9-6-10-15-27/h5-24,32H,4H2,1-3H3,(H,36,41)(H,37,40)(H,38,39)/b31-22-. The number of hydrogen-bond acceptors (Lipinski definition) is 4. The third kappa shape index (κ3) is 8.69. The van der Waals surface area contributed by atoms with Gasteiger partial charge in [-0.25, -0.2) is 0 Å². The van der Waals surface area contributed by atoms with Crippen molar-refractivity contribution in [3.8, 4) is 0 Å². The van der Waals surface area contributed by atoms with Gasteiger partial charge in [0.2, 0.25) is 5.91 Å². The number of nitrogens with one attached hydrogen (secondary N) is 3. The Hall–Kier alpha value is -4.62. The van der Waals surface area contributed by atoms with Crippen LogP contribution in [0.2, 0.25) is 0 Å². The van der Waals surface area contributed by atoms with E-state index in [-0.39, 0.29) is 22.8 Å². The van der Waals surface area contributed by atoms with Crippen LogP contribution >= 0.6 is 11.8 Å². The van der Waals surface area contributed by atoms with Crippen LogP contribution in [0.3, 0.4) is 0 Å². The van der Waals surface area contributed by atoms with E-state index in [0.717, 1.165) is 16.1 Å². The smallest absolute Gasteiger partial charge is 0.272 e. The van der Waals surface area contributed by atoms with Crippen molar-refractivity contribution in [3.05, 3.63) is 132 Å². The van der Waals surface area contributed by atoms with Crippen molar-refractivity contribution in [2.24, 2.45) is 0 Å². The van der Waals surface area contributed by atoms with Crippen LogP contribution in [0.4, 0.5) is 11.4 Å². The van der Waals surface area contributed by atoms with Crippen LogP contribution in [0.5, 0.6) is 0 Å². The minimum Gasteiger partial charge on any atom is -0.325 e. The molecule has 0 radical (unpaired) electrons. The third-order valence-corrected chi connectivity index (χ3v) is 7.88. The Morgan fingerprint density at radius 3 is 2.07 bits per heavy atom. The zero-order valence-corrected chi connectivity index (χ0v) is 24.8. The number of carbonyl (C=O) groups is 3. The quantitative estimate of drug-likeness (QED) is 0.126. The third-order valence-electron chi connectivity index (χ3n) is 6.52. The molecule has 0 aromatic heterocycles. The molecule has 0 heterocycles. The van der Waals surface area contributed by atoms with Crippen LogP contribution < -0.4 is 16.0 Å².